The highest BCUT2D eigenvalue weighted by atomic mass is 35.5. The van der Waals surface area contributed by atoms with E-state index in [0.29, 0.717) is 32.0 Å². The van der Waals surface area contributed by atoms with Gasteiger partial charge in [-0.15, -0.1) is 0 Å². The second-order valence-corrected chi connectivity index (χ2v) is 6.94. The molecule has 10 heteroatoms. The van der Waals surface area contributed by atoms with Gasteiger partial charge in [-0.2, -0.15) is 5.10 Å². The Labute approximate surface area is 168 Å². The predicted molar refractivity (Wildman–Crippen MR) is 104 cm³/mol. The van der Waals surface area contributed by atoms with Crippen molar-refractivity contribution in [3.8, 4) is 11.8 Å². The second kappa shape index (κ2) is 7.40. The van der Waals surface area contributed by atoms with Crippen molar-refractivity contribution in [2.45, 2.75) is 9.92 Å². The fourth-order valence-electron chi connectivity index (χ4n) is 2.18. The lowest BCUT2D eigenvalue weighted by molar-refractivity contribution is 0.923. The van der Waals surface area contributed by atoms with Gasteiger partial charge in [0.1, 0.15) is 21.6 Å². The summed E-state index contributed by atoms with van der Waals surface area (Å²) in [4.78, 5) is 17.3. The highest BCUT2D eigenvalue weighted by Crippen LogP contribution is 2.35. The van der Waals surface area contributed by atoms with Gasteiger partial charge >= 0.3 is 0 Å². The molecule has 2 N–H and O–H groups in total. The number of halogens is 2. The molecule has 0 aliphatic rings. The van der Waals surface area contributed by atoms with Gasteiger partial charge in [-0.3, -0.25) is 0 Å². The molecule has 132 valence electrons. The molecule has 0 radical (unpaired) electrons. The Hall–Kier alpha value is -2.86. The number of fused-ring (bicyclic) bond motifs is 1. The van der Waals surface area contributed by atoms with Crippen molar-refractivity contribution in [2.24, 2.45) is 0 Å². The molecule has 4 aromatic heterocycles. The first-order valence-electron chi connectivity index (χ1n) is 7.53. The van der Waals surface area contributed by atoms with Crippen LogP contribution in [0.5, 0.6) is 0 Å². The van der Waals surface area contributed by atoms with Gasteiger partial charge in [0, 0.05) is 17.3 Å². The molecule has 7 nitrogen and oxygen atoms in total. The maximum Gasteiger partial charge on any atom is 0.158 e. The second-order valence-electron chi connectivity index (χ2n) is 5.14. The maximum atomic E-state index is 6.46. The van der Waals surface area contributed by atoms with E-state index in [4.69, 9.17) is 28.9 Å². The summed E-state index contributed by atoms with van der Waals surface area (Å²) in [5, 5.41) is 5.34. The number of nitrogen functional groups attached to an aromatic ring is 1. The third-order valence-corrected chi connectivity index (χ3v) is 5.13. The fourth-order valence-corrected chi connectivity index (χ4v) is 3.38. The molecule has 0 saturated carbocycles. The van der Waals surface area contributed by atoms with E-state index >= 15 is 0 Å². The van der Waals surface area contributed by atoms with Gasteiger partial charge in [-0.05, 0) is 30.0 Å². The summed E-state index contributed by atoms with van der Waals surface area (Å²) in [5.41, 5.74) is 7.62. The molecule has 4 aromatic rings. The van der Waals surface area contributed by atoms with E-state index in [9.17, 15) is 0 Å². The van der Waals surface area contributed by atoms with Crippen molar-refractivity contribution in [3.63, 3.8) is 0 Å². The van der Waals surface area contributed by atoms with Crippen LogP contribution in [0.1, 0.15) is 11.4 Å². The number of hydrogen-bond acceptors (Lipinski definition) is 7. The summed E-state index contributed by atoms with van der Waals surface area (Å²) in [6.45, 7) is 0. The van der Waals surface area contributed by atoms with Crippen molar-refractivity contribution in [2.75, 3.05) is 5.73 Å². The van der Waals surface area contributed by atoms with Gasteiger partial charge in [0.05, 0.1) is 17.4 Å². The lowest BCUT2D eigenvalue weighted by Gasteiger charge is -2.06. The predicted octanol–water partition coefficient (Wildman–Crippen LogP) is 3.35. The monoisotopic (exact) mass is 413 g/mol. The maximum absolute atomic E-state index is 6.46. The van der Waals surface area contributed by atoms with Crippen LogP contribution in [0.25, 0.3) is 5.65 Å². The number of hydrogen-bond donors (Lipinski definition) is 1. The molecule has 0 unspecified atom stereocenters. The minimum atomic E-state index is 0.227. The van der Waals surface area contributed by atoms with E-state index < -0.39 is 0 Å². The van der Waals surface area contributed by atoms with E-state index in [1.165, 1.54) is 18.0 Å². The number of nitrogens with two attached hydrogens (primary N) is 1. The molecule has 27 heavy (non-hydrogen) atoms. The normalized spacial score (nSPS) is 10.6. The zero-order chi connectivity index (χ0) is 18.8. The lowest BCUT2D eigenvalue weighted by Crippen LogP contribution is -1.96. The van der Waals surface area contributed by atoms with E-state index in [2.05, 4.69) is 36.9 Å². The number of pyridine rings is 1. The SMILES string of the molecule is Nc1nc(Cl)cnc1Sc1ccnc(C#Cc2cnc3cccnn23)c1Cl. The van der Waals surface area contributed by atoms with Gasteiger partial charge in [-0.25, -0.2) is 24.5 Å². The molecule has 0 aliphatic heterocycles. The lowest BCUT2D eigenvalue weighted by atomic mass is 10.3. The van der Waals surface area contributed by atoms with Crippen LogP contribution in [0.3, 0.4) is 0 Å². The van der Waals surface area contributed by atoms with Crippen molar-refractivity contribution in [1.82, 2.24) is 29.5 Å². The van der Waals surface area contributed by atoms with E-state index in [-0.39, 0.29) is 11.0 Å². The standard InChI is InChI=1S/C17H9Cl2N7S/c18-13-9-23-17(16(20)25-13)27-12-5-7-21-11(15(12)19)4-3-10-8-22-14-2-1-6-24-26(10)14/h1-2,5-9H,(H2,20,25). The van der Waals surface area contributed by atoms with Crippen molar-refractivity contribution in [1.29, 1.82) is 0 Å². The van der Waals surface area contributed by atoms with Gasteiger partial charge in [-0.1, -0.05) is 35.0 Å². The van der Waals surface area contributed by atoms with Crippen LogP contribution in [0.2, 0.25) is 10.2 Å². The van der Waals surface area contributed by atoms with Crippen molar-refractivity contribution in [3.05, 3.63) is 64.6 Å². The molecular weight excluding hydrogens is 405 g/mol. The largest absolute Gasteiger partial charge is 0.381 e. The quantitative estimate of drug-likeness (QED) is 0.503. The first-order valence-corrected chi connectivity index (χ1v) is 9.10. The molecule has 0 fully saturated rings. The summed E-state index contributed by atoms with van der Waals surface area (Å²) >= 11 is 13.5. The van der Waals surface area contributed by atoms with Gasteiger partial charge in [0.2, 0.25) is 0 Å². The summed E-state index contributed by atoms with van der Waals surface area (Å²) in [6, 6.07) is 5.41. The fraction of sp³-hybridized carbons (Fsp3) is 0. The number of anilines is 1. The molecule has 0 amide bonds. The molecule has 0 saturated heterocycles. The molecule has 4 rings (SSSR count). The molecule has 0 spiro atoms. The van der Waals surface area contributed by atoms with E-state index in [1.807, 2.05) is 12.1 Å². The van der Waals surface area contributed by atoms with E-state index in [0.717, 1.165) is 0 Å². The number of aromatic nitrogens is 6. The zero-order valence-corrected chi connectivity index (χ0v) is 15.8. The van der Waals surface area contributed by atoms with Crippen LogP contribution < -0.4 is 5.73 Å². The average molecular weight is 414 g/mol. The van der Waals surface area contributed by atoms with Gasteiger partial charge in [0.15, 0.2) is 11.5 Å². The molecule has 0 bridgehead atoms. The minimum Gasteiger partial charge on any atom is -0.381 e. The highest BCUT2D eigenvalue weighted by Gasteiger charge is 2.12. The van der Waals surface area contributed by atoms with Crippen LogP contribution in [0, 0.1) is 11.8 Å². The minimum absolute atomic E-state index is 0.227. The Kier molecular flexibility index (Phi) is 4.81. The Balaban J connectivity index is 1.67. The summed E-state index contributed by atoms with van der Waals surface area (Å²) in [6.07, 6.45) is 6.35. The summed E-state index contributed by atoms with van der Waals surface area (Å²) in [5.74, 6) is 6.18. The molecular formula is C17H9Cl2N7S. The molecule has 0 aliphatic carbocycles. The first kappa shape index (κ1) is 17.5. The molecule has 0 atom stereocenters. The Bertz CT molecular complexity index is 1210. The Morgan fingerprint density at radius 3 is 2.78 bits per heavy atom. The molecule has 4 heterocycles. The van der Waals surface area contributed by atoms with Crippen molar-refractivity contribution < 1.29 is 0 Å². The van der Waals surface area contributed by atoms with Crippen molar-refractivity contribution >= 4 is 46.4 Å². The summed E-state index contributed by atoms with van der Waals surface area (Å²) < 4.78 is 1.64. The first-order chi connectivity index (χ1) is 13.1. The highest BCUT2D eigenvalue weighted by molar-refractivity contribution is 7.99. The van der Waals surface area contributed by atoms with E-state index in [1.54, 1.807) is 29.2 Å². The topological polar surface area (TPSA) is 94.9 Å². The third-order valence-electron chi connectivity index (χ3n) is 3.38. The average Bonchev–Trinajstić information content (AvgIpc) is 3.08. The number of nitrogens with zero attached hydrogens (tertiary/aromatic N) is 6. The molecule has 0 aromatic carbocycles. The number of rotatable bonds is 2. The van der Waals surface area contributed by atoms with Crippen LogP contribution in [0.4, 0.5) is 5.82 Å². The van der Waals surface area contributed by atoms with Crippen LogP contribution in [0.15, 0.2) is 52.9 Å². The summed E-state index contributed by atoms with van der Waals surface area (Å²) in [7, 11) is 0. The number of imidazole rings is 1. The Morgan fingerprint density at radius 2 is 1.93 bits per heavy atom. The van der Waals surface area contributed by atoms with Gasteiger partial charge < -0.3 is 5.73 Å². The van der Waals surface area contributed by atoms with Crippen LogP contribution >= 0.6 is 35.0 Å². The van der Waals surface area contributed by atoms with Gasteiger partial charge in [0.25, 0.3) is 0 Å². The van der Waals surface area contributed by atoms with Crippen LogP contribution in [-0.4, -0.2) is 29.5 Å². The third kappa shape index (κ3) is 3.66. The Morgan fingerprint density at radius 1 is 1.04 bits per heavy atom. The zero-order valence-electron chi connectivity index (χ0n) is 13.5. The smallest absolute Gasteiger partial charge is 0.158 e. The van der Waals surface area contributed by atoms with Crippen LogP contribution in [-0.2, 0) is 0 Å².